The number of carbonyl (C=O) groups is 1. The Kier molecular flexibility index (Phi) is 5.07. The van der Waals surface area contributed by atoms with Crippen LogP contribution >= 0.6 is 11.6 Å². The van der Waals surface area contributed by atoms with Crippen LogP contribution in [0.2, 0.25) is 0 Å². The molecule has 0 saturated heterocycles. The van der Waals surface area contributed by atoms with Crippen molar-refractivity contribution in [2.24, 2.45) is 0 Å². The van der Waals surface area contributed by atoms with Crippen molar-refractivity contribution in [2.45, 2.75) is 0 Å². The molecule has 0 aliphatic heterocycles. The van der Waals surface area contributed by atoms with Crippen molar-refractivity contribution >= 4 is 29.3 Å². The van der Waals surface area contributed by atoms with E-state index in [9.17, 15) is 14.9 Å². The van der Waals surface area contributed by atoms with E-state index in [-0.39, 0.29) is 18.1 Å². The maximum atomic E-state index is 11.3. The largest absolute Gasteiger partial charge is 0.348 e. The van der Waals surface area contributed by atoms with Crippen LogP contribution in [0, 0.1) is 10.1 Å². The van der Waals surface area contributed by atoms with Gasteiger partial charge in [-0.1, -0.05) is 30.3 Å². The lowest BCUT2D eigenvalue weighted by atomic mass is 10.2. The number of hydrogen-bond donors (Lipinski definition) is 1. The van der Waals surface area contributed by atoms with Crippen molar-refractivity contribution in [2.75, 3.05) is 6.54 Å². The average Bonchev–Trinajstić information content (AvgIpc) is 2.34. The fourth-order valence-electron chi connectivity index (χ4n) is 1.16. The van der Waals surface area contributed by atoms with Crippen LogP contribution in [-0.2, 0) is 4.79 Å². The van der Waals surface area contributed by atoms with Gasteiger partial charge in [0.25, 0.3) is 5.69 Å². The molecule has 18 heavy (non-hydrogen) atoms. The number of nitrogens with zero attached hydrogens (tertiary/aromatic N) is 1. The van der Waals surface area contributed by atoms with E-state index in [4.69, 9.17) is 11.6 Å². The van der Waals surface area contributed by atoms with Crippen molar-refractivity contribution < 1.29 is 9.72 Å². The number of non-ortho nitro benzene ring substituents is 1. The van der Waals surface area contributed by atoms with E-state index < -0.39 is 4.92 Å². The van der Waals surface area contributed by atoms with Gasteiger partial charge in [-0.25, -0.2) is 0 Å². The molecule has 0 unspecified atom stereocenters. The standard InChI is InChI=1S/C12H11ClN2O3/c1-9(13)8-14-12(16)6-5-10-3-2-4-11(7-10)15(17)18/h2-7H,1,8H2,(H,14,16)/b6-5+. The van der Waals surface area contributed by atoms with E-state index in [0.717, 1.165) is 0 Å². The molecule has 0 fully saturated rings. The zero-order valence-corrected chi connectivity index (χ0v) is 10.2. The fraction of sp³-hybridized carbons (Fsp3) is 0.0833. The first-order valence-electron chi connectivity index (χ1n) is 5.02. The monoisotopic (exact) mass is 266 g/mol. The highest BCUT2D eigenvalue weighted by atomic mass is 35.5. The Hall–Kier alpha value is -2.14. The predicted octanol–water partition coefficient (Wildman–Crippen LogP) is 2.48. The third kappa shape index (κ3) is 4.80. The molecule has 1 aromatic rings. The van der Waals surface area contributed by atoms with Gasteiger partial charge in [0, 0.05) is 23.2 Å². The Morgan fingerprint density at radius 2 is 2.28 bits per heavy atom. The number of amides is 1. The smallest absolute Gasteiger partial charge is 0.270 e. The molecule has 1 rings (SSSR count). The van der Waals surface area contributed by atoms with E-state index in [2.05, 4.69) is 11.9 Å². The van der Waals surface area contributed by atoms with E-state index in [1.54, 1.807) is 12.1 Å². The summed E-state index contributed by atoms with van der Waals surface area (Å²) in [5.74, 6) is -0.344. The van der Waals surface area contributed by atoms with E-state index in [1.165, 1.54) is 24.3 Å². The Bertz CT molecular complexity index is 512. The summed E-state index contributed by atoms with van der Waals surface area (Å²) >= 11 is 5.49. The summed E-state index contributed by atoms with van der Waals surface area (Å²) in [6, 6.07) is 5.98. The second kappa shape index (κ2) is 6.56. The molecule has 1 N–H and O–H groups in total. The average molecular weight is 267 g/mol. The third-order valence-corrected chi connectivity index (χ3v) is 2.10. The Morgan fingerprint density at radius 1 is 1.56 bits per heavy atom. The molecule has 0 aliphatic carbocycles. The summed E-state index contributed by atoms with van der Waals surface area (Å²) in [5.41, 5.74) is 0.552. The van der Waals surface area contributed by atoms with Crippen molar-refractivity contribution in [3.05, 3.63) is 57.6 Å². The first-order valence-corrected chi connectivity index (χ1v) is 5.40. The molecule has 94 valence electrons. The first kappa shape index (κ1) is 13.9. The summed E-state index contributed by atoms with van der Waals surface area (Å²) in [5, 5.41) is 13.4. The molecule has 0 atom stereocenters. The van der Waals surface area contributed by atoms with Crippen LogP contribution in [0.25, 0.3) is 6.08 Å². The molecule has 0 radical (unpaired) electrons. The molecular formula is C12H11ClN2O3. The second-order valence-electron chi connectivity index (χ2n) is 3.42. The highest BCUT2D eigenvalue weighted by Crippen LogP contribution is 2.13. The molecule has 1 amide bonds. The Labute approximate surface area is 109 Å². The van der Waals surface area contributed by atoms with Crippen LogP contribution in [-0.4, -0.2) is 17.4 Å². The number of carbonyl (C=O) groups excluding carboxylic acids is 1. The summed E-state index contributed by atoms with van der Waals surface area (Å²) < 4.78 is 0. The van der Waals surface area contributed by atoms with Crippen molar-refractivity contribution in [3.8, 4) is 0 Å². The van der Waals surface area contributed by atoms with Crippen molar-refractivity contribution in [1.29, 1.82) is 0 Å². The van der Waals surface area contributed by atoms with Gasteiger partial charge in [0.15, 0.2) is 0 Å². The van der Waals surface area contributed by atoms with Crippen LogP contribution < -0.4 is 5.32 Å². The first-order chi connectivity index (χ1) is 8.49. The van der Waals surface area contributed by atoms with Gasteiger partial charge in [-0.15, -0.1) is 0 Å². The fourth-order valence-corrected chi connectivity index (χ4v) is 1.22. The lowest BCUT2D eigenvalue weighted by Crippen LogP contribution is -2.21. The zero-order chi connectivity index (χ0) is 13.5. The molecule has 0 saturated carbocycles. The Morgan fingerprint density at radius 3 is 2.89 bits per heavy atom. The topological polar surface area (TPSA) is 72.2 Å². The van der Waals surface area contributed by atoms with Gasteiger partial charge in [-0.3, -0.25) is 14.9 Å². The quantitative estimate of drug-likeness (QED) is 0.505. The van der Waals surface area contributed by atoms with Crippen molar-refractivity contribution in [1.82, 2.24) is 5.32 Å². The normalized spacial score (nSPS) is 10.3. The number of halogens is 1. The molecule has 0 heterocycles. The molecule has 0 spiro atoms. The number of rotatable bonds is 5. The molecule has 0 aromatic heterocycles. The molecule has 6 heteroatoms. The minimum absolute atomic E-state index is 0.0216. The molecular weight excluding hydrogens is 256 g/mol. The summed E-state index contributed by atoms with van der Waals surface area (Å²) in [6.07, 6.45) is 2.76. The van der Waals surface area contributed by atoms with Crippen LogP contribution in [0.3, 0.4) is 0 Å². The Balaban J connectivity index is 2.66. The van der Waals surface area contributed by atoms with Crippen LogP contribution in [0.5, 0.6) is 0 Å². The SMILES string of the molecule is C=C(Cl)CNC(=O)/C=C/c1cccc([N+](=O)[O-])c1. The summed E-state index contributed by atoms with van der Waals surface area (Å²) in [7, 11) is 0. The van der Waals surface area contributed by atoms with Crippen LogP contribution in [0.15, 0.2) is 42.0 Å². The maximum absolute atomic E-state index is 11.3. The van der Waals surface area contributed by atoms with Gasteiger partial charge in [0.1, 0.15) is 0 Å². The second-order valence-corrected chi connectivity index (χ2v) is 3.96. The highest BCUT2D eigenvalue weighted by Gasteiger charge is 2.03. The maximum Gasteiger partial charge on any atom is 0.270 e. The molecule has 0 aliphatic rings. The highest BCUT2D eigenvalue weighted by molar-refractivity contribution is 6.29. The van der Waals surface area contributed by atoms with E-state index in [0.29, 0.717) is 10.6 Å². The summed E-state index contributed by atoms with van der Waals surface area (Å²) in [6.45, 7) is 3.61. The molecule has 0 bridgehead atoms. The van der Waals surface area contributed by atoms with Crippen LogP contribution in [0.1, 0.15) is 5.56 Å². The van der Waals surface area contributed by atoms with Gasteiger partial charge in [-0.2, -0.15) is 0 Å². The lowest BCUT2D eigenvalue weighted by Gasteiger charge is -1.98. The minimum atomic E-state index is -0.491. The molecule has 1 aromatic carbocycles. The third-order valence-electron chi connectivity index (χ3n) is 1.96. The van der Waals surface area contributed by atoms with E-state index in [1.807, 2.05) is 0 Å². The van der Waals surface area contributed by atoms with Crippen molar-refractivity contribution in [3.63, 3.8) is 0 Å². The van der Waals surface area contributed by atoms with Gasteiger partial charge in [0.05, 0.1) is 11.5 Å². The summed E-state index contributed by atoms with van der Waals surface area (Å²) in [4.78, 5) is 21.4. The minimum Gasteiger partial charge on any atom is -0.348 e. The van der Waals surface area contributed by atoms with Gasteiger partial charge < -0.3 is 5.32 Å². The predicted molar refractivity (Wildman–Crippen MR) is 70.1 cm³/mol. The van der Waals surface area contributed by atoms with Gasteiger partial charge in [0.2, 0.25) is 5.91 Å². The van der Waals surface area contributed by atoms with Gasteiger partial charge in [-0.05, 0) is 11.6 Å². The number of nitro benzene ring substituents is 1. The lowest BCUT2D eigenvalue weighted by molar-refractivity contribution is -0.384. The van der Waals surface area contributed by atoms with Gasteiger partial charge >= 0.3 is 0 Å². The number of nitro groups is 1. The number of hydrogen-bond acceptors (Lipinski definition) is 3. The van der Waals surface area contributed by atoms with E-state index >= 15 is 0 Å². The number of benzene rings is 1. The molecule has 5 nitrogen and oxygen atoms in total. The van der Waals surface area contributed by atoms with Crippen LogP contribution in [0.4, 0.5) is 5.69 Å². The zero-order valence-electron chi connectivity index (χ0n) is 9.43. The number of nitrogens with one attached hydrogen (secondary N) is 1.